The minimum Gasteiger partial charge on any atom is -0.452 e. The van der Waals surface area contributed by atoms with Crippen LogP contribution in [-0.4, -0.2) is 33.4 Å². The molecule has 1 amide bonds. The summed E-state index contributed by atoms with van der Waals surface area (Å²) in [7, 11) is 0. The van der Waals surface area contributed by atoms with Crippen molar-refractivity contribution in [1.82, 2.24) is 15.0 Å². The number of nitrogens with zero attached hydrogens (tertiary/aromatic N) is 2. The number of primary amides is 1. The molecule has 2 aromatic heterocycles. The molecule has 154 valence electrons. The van der Waals surface area contributed by atoms with Crippen LogP contribution in [0, 0.1) is 5.82 Å². The van der Waals surface area contributed by atoms with Gasteiger partial charge in [0.2, 0.25) is 0 Å². The molecule has 0 bridgehead atoms. The van der Waals surface area contributed by atoms with Crippen LogP contribution in [0.1, 0.15) is 10.4 Å². The van der Waals surface area contributed by atoms with Crippen LogP contribution in [0.15, 0.2) is 73.1 Å². The highest BCUT2D eigenvalue weighted by atomic mass is 19.1. The smallest absolute Gasteiger partial charge is 0.338 e. The number of aromatic amines is 1. The van der Waals surface area contributed by atoms with Gasteiger partial charge in [-0.1, -0.05) is 12.1 Å². The minimum atomic E-state index is -0.725. The molecule has 31 heavy (non-hydrogen) atoms. The predicted molar refractivity (Wildman–Crippen MR) is 112 cm³/mol. The molecule has 0 fully saturated rings. The summed E-state index contributed by atoms with van der Waals surface area (Å²) < 4.78 is 18.2. The summed E-state index contributed by atoms with van der Waals surface area (Å²) in [6, 6.07) is 16.4. The van der Waals surface area contributed by atoms with Gasteiger partial charge < -0.3 is 15.5 Å². The number of amides is 1. The first-order chi connectivity index (χ1) is 15.0. The van der Waals surface area contributed by atoms with E-state index in [9.17, 15) is 14.0 Å². The number of nitrogens with two attached hydrogens (primary N) is 1. The van der Waals surface area contributed by atoms with E-state index in [4.69, 9.17) is 15.5 Å². The lowest BCUT2D eigenvalue weighted by molar-refractivity contribution is -0.121. The van der Waals surface area contributed by atoms with Gasteiger partial charge in [0.1, 0.15) is 11.6 Å². The molecule has 4 rings (SSSR count). The van der Waals surface area contributed by atoms with Crippen molar-refractivity contribution < 1.29 is 18.7 Å². The molecule has 0 atom stereocenters. The van der Waals surface area contributed by atoms with Crippen molar-refractivity contribution in [2.24, 2.45) is 5.73 Å². The zero-order valence-electron chi connectivity index (χ0n) is 16.2. The third-order valence-corrected chi connectivity index (χ3v) is 4.53. The van der Waals surface area contributed by atoms with Crippen molar-refractivity contribution in [1.29, 1.82) is 0 Å². The number of benzene rings is 2. The van der Waals surface area contributed by atoms with Crippen LogP contribution in [0.25, 0.3) is 33.9 Å². The fraction of sp³-hybridized carbons (Fsp3) is 0.0435. The van der Waals surface area contributed by atoms with Crippen LogP contribution >= 0.6 is 0 Å². The number of hydrogen-bond donors (Lipinski definition) is 2. The van der Waals surface area contributed by atoms with Crippen LogP contribution in [-0.2, 0) is 9.53 Å². The number of aromatic nitrogens is 3. The van der Waals surface area contributed by atoms with E-state index in [0.29, 0.717) is 11.5 Å². The van der Waals surface area contributed by atoms with E-state index >= 15 is 0 Å². The standard InChI is InChI=1S/C23H17FN4O3/c24-18-7-5-14(6-8-18)20-21(15-9-11-26-12-10-15)28-22(27-20)16-1-3-17(4-2-16)23(30)31-13-19(25)29/h1-12H,13H2,(H2,25,29)(H,27,28). The second-order valence-electron chi connectivity index (χ2n) is 6.67. The van der Waals surface area contributed by atoms with Crippen molar-refractivity contribution in [2.75, 3.05) is 6.61 Å². The van der Waals surface area contributed by atoms with Gasteiger partial charge in [-0.25, -0.2) is 14.2 Å². The van der Waals surface area contributed by atoms with Gasteiger partial charge in [0.05, 0.1) is 17.0 Å². The average molecular weight is 416 g/mol. The first kappa shape index (κ1) is 20.0. The number of carbonyl (C=O) groups is 2. The van der Waals surface area contributed by atoms with E-state index in [1.165, 1.54) is 12.1 Å². The number of ether oxygens (including phenoxy) is 1. The second-order valence-corrected chi connectivity index (χ2v) is 6.67. The van der Waals surface area contributed by atoms with Crippen molar-refractivity contribution in [2.45, 2.75) is 0 Å². The lowest BCUT2D eigenvalue weighted by atomic mass is 10.1. The Bertz CT molecular complexity index is 1220. The van der Waals surface area contributed by atoms with Crippen LogP contribution in [0.3, 0.4) is 0 Å². The highest BCUT2D eigenvalue weighted by Gasteiger charge is 2.16. The molecule has 0 spiro atoms. The van der Waals surface area contributed by atoms with Crippen molar-refractivity contribution in [3.63, 3.8) is 0 Å². The van der Waals surface area contributed by atoms with Gasteiger partial charge in [0.15, 0.2) is 6.61 Å². The summed E-state index contributed by atoms with van der Waals surface area (Å²) in [4.78, 5) is 34.8. The fourth-order valence-electron chi connectivity index (χ4n) is 3.04. The summed E-state index contributed by atoms with van der Waals surface area (Å²) in [5, 5.41) is 0. The topological polar surface area (TPSA) is 111 Å². The second kappa shape index (κ2) is 8.58. The first-order valence-corrected chi connectivity index (χ1v) is 9.33. The number of nitrogens with one attached hydrogen (secondary N) is 1. The molecule has 0 aliphatic heterocycles. The molecule has 8 heteroatoms. The average Bonchev–Trinajstić information content (AvgIpc) is 3.24. The molecule has 0 radical (unpaired) electrons. The van der Waals surface area contributed by atoms with E-state index in [1.54, 1.807) is 48.8 Å². The SMILES string of the molecule is NC(=O)COC(=O)c1ccc(-c2nc(-c3ccc(F)cc3)c(-c3ccncc3)[nH]2)cc1. The molecule has 0 saturated heterocycles. The number of rotatable bonds is 6. The number of imidazole rings is 1. The number of halogens is 1. The van der Waals surface area contributed by atoms with Gasteiger partial charge in [-0.15, -0.1) is 0 Å². The quantitative estimate of drug-likeness (QED) is 0.467. The van der Waals surface area contributed by atoms with Crippen LogP contribution in [0.4, 0.5) is 4.39 Å². The van der Waals surface area contributed by atoms with E-state index in [-0.39, 0.29) is 11.4 Å². The molecule has 3 N–H and O–H groups in total. The van der Waals surface area contributed by atoms with Crippen molar-refractivity contribution >= 4 is 11.9 Å². The number of hydrogen-bond acceptors (Lipinski definition) is 5. The third kappa shape index (κ3) is 4.48. The molecule has 0 unspecified atom stereocenters. The van der Waals surface area contributed by atoms with Gasteiger partial charge in [-0.05, 0) is 48.5 Å². The zero-order valence-corrected chi connectivity index (χ0v) is 16.2. The Hall–Kier alpha value is -4.33. The highest BCUT2D eigenvalue weighted by molar-refractivity contribution is 5.91. The van der Waals surface area contributed by atoms with E-state index < -0.39 is 18.5 Å². The Balaban J connectivity index is 1.70. The molecule has 0 saturated carbocycles. The maximum absolute atomic E-state index is 13.4. The number of pyridine rings is 1. The van der Waals surface area contributed by atoms with E-state index in [2.05, 4.69) is 9.97 Å². The monoisotopic (exact) mass is 416 g/mol. The maximum Gasteiger partial charge on any atom is 0.338 e. The van der Waals surface area contributed by atoms with Gasteiger partial charge in [0, 0.05) is 29.1 Å². The predicted octanol–water partition coefficient (Wildman–Crippen LogP) is 3.59. The van der Waals surface area contributed by atoms with Gasteiger partial charge in [-0.3, -0.25) is 9.78 Å². The van der Waals surface area contributed by atoms with Crippen LogP contribution < -0.4 is 5.73 Å². The molecule has 2 heterocycles. The lowest BCUT2D eigenvalue weighted by Gasteiger charge is -2.03. The number of carbonyl (C=O) groups excluding carboxylic acids is 2. The maximum atomic E-state index is 13.4. The Kier molecular flexibility index (Phi) is 5.53. The molecule has 7 nitrogen and oxygen atoms in total. The lowest BCUT2D eigenvalue weighted by Crippen LogP contribution is -2.20. The molecule has 0 aliphatic rings. The molecule has 2 aromatic carbocycles. The summed E-state index contributed by atoms with van der Waals surface area (Å²) in [5.41, 5.74) is 9.04. The largest absolute Gasteiger partial charge is 0.452 e. The minimum absolute atomic E-state index is 0.282. The summed E-state index contributed by atoms with van der Waals surface area (Å²) in [5.74, 6) is -1.13. The van der Waals surface area contributed by atoms with E-state index in [1.807, 2.05) is 12.1 Å². The normalized spacial score (nSPS) is 10.6. The van der Waals surface area contributed by atoms with Crippen LogP contribution in [0.2, 0.25) is 0 Å². The van der Waals surface area contributed by atoms with Crippen molar-refractivity contribution in [3.8, 4) is 33.9 Å². The Labute approximate surface area is 176 Å². The van der Waals surface area contributed by atoms with Gasteiger partial charge in [-0.2, -0.15) is 0 Å². The number of esters is 1. The van der Waals surface area contributed by atoms with Gasteiger partial charge >= 0.3 is 5.97 Å². The fourth-order valence-corrected chi connectivity index (χ4v) is 3.04. The molecule has 4 aromatic rings. The third-order valence-electron chi connectivity index (χ3n) is 4.53. The van der Waals surface area contributed by atoms with E-state index in [0.717, 1.165) is 22.4 Å². The Morgan fingerprint density at radius 1 is 0.903 bits per heavy atom. The molecular formula is C23H17FN4O3. The first-order valence-electron chi connectivity index (χ1n) is 9.33. The Morgan fingerprint density at radius 2 is 1.55 bits per heavy atom. The zero-order chi connectivity index (χ0) is 21.8. The number of H-pyrrole nitrogens is 1. The van der Waals surface area contributed by atoms with Gasteiger partial charge in [0.25, 0.3) is 5.91 Å². The summed E-state index contributed by atoms with van der Waals surface area (Å²) >= 11 is 0. The summed E-state index contributed by atoms with van der Waals surface area (Å²) in [6.07, 6.45) is 3.35. The molecule has 0 aliphatic carbocycles. The summed E-state index contributed by atoms with van der Waals surface area (Å²) in [6.45, 7) is -0.477. The van der Waals surface area contributed by atoms with Crippen molar-refractivity contribution in [3.05, 3.63) is 84.4 Å². The van der Waals surface area contributed by atoms with Crippen LogP contribution in [0.5, 0.6) is 0 Å². The Morgan fingerprint density at radius 3 is 2.19 bits per heavy atom. The molecular weight excluding hydrogens is 399 g/mol. The highest BCUT2D eigenvalue weighted by Crippen LogP contribution is 2.33.